The maximum absolute atomic E-state index is 12.8. The van der Waals surface area contributed by atoms with Gasteiger partial charge in [0.1, 0.15) is 5.82 Å². The summed E-state index contributed by atoms with van der Waals surface area (Å²) in [6, 6.07) is 11.6. The molecule has 0 radical (unpaired) electrons. The molecule has 30 heavy (non-hydrogen) atoms. The number of ether oxygens (including phenoxy) is 1. The zero-order valence-electron chi connectivity index (χ0n) is 15.7. The van der Waals surface area contributed by atoms with Crippen molar-refractivity contribution in [3.05, 3.63) is 64.9 Å². The zero-order chi connectivity index (χ0) is 21.9. The lowest BCUT2D eigenvalue weighted by molar-refractivity contribution is -0.148. The first-order chi connectivity index (χ1) is 14.3. The van der Waals surface area contributed by atoms with Gasteiger partial charge in [0.2, 0.25) is 5.91 Å². The number of esters is 1. The predicted octanol–water partition coefficient (Wildman–Crippen LogP) is 2.59. The SMILES string of the molecule is O=C(COC(=O)CCCC(=O)Nc1ccc(F)cc1)NNC(=O)c1ccccc1Cl. The Morgan fingerprint density at radius 1 is 0.900 bits per heavy atom. The molecule has 0 bridgehead atoms. The Hall–Kier alpha value is -3.46. The number of hydrogen-bond donors (Lipinski definition) is 3. The highest BCUT2D eigenvalue weighted by Crippen LogP contribution is 2.14. The molecule has 2 aromatic carbocycles. The van der Waals surface area contributed by atoms with Gasteiger partial charge in [-0.1, -0.05) is 23.7 Å². The monoisotopic (exact) mass is 435 g/mol. The number of carbonyl (C=O) groups is 4. The molecule has 2 aromatic rings. The van der Waals surface area contributed by atoms with Crippen molar-refractivity contribution in [1.29, 1.82) is 0 Å². The van der Waals surface area contributed by atoms with E-state index in [1.165, 1.54) is 36.4 Å². The van der Waals surface area contributed by atoms with Crippen LogP contribution in [0.4, 0.5) is 10.1 Å². The van der Waals surface area contributed by atoms with E-state index in [9.17, 15) is 23.6 Å². The van der Waals surface area contributed by atoms with E-state index >= 15 is 0 Å². The maximum Gasteiger partial charge on any atom is 0.306 e. The molecule has 10 heteroatoms. The fraction of sp³-hybridized carbons (Fsp3) is 0.200. The Balaban J connectivity index is 1.60. The van der Waals surface area contributed by atoms with Crippen molar-refractivity contribution in [3.8, 4) is 0 Å². The van der Waals surface area contributed by atoms with Crippen LogP contribution in [-0.2, 0) is 19.1 Å². The van der Waals surface area contributed by atoms with E-state index in [1.54, 1.807) is 12.1 Å². The third-order valence-electron chi connectivity index (χ3n) is 3.71. The van der Waals surface area contributed by atoms with Crippen LogP contribution in [0.5, 0.6) is 0 Å². The van der Waals surface area contributed by atoms with Crippen molar-refractivity contribution >= 4 is 41.0 Å². The number of rotatable bonds is 8. The van der Waals surface area contributed by atoms with Crippen LogP contribution in [0.3, 0.4) is 0 Å². The minimum Gasteiger partial charge on any atom is -0.455 e. The van der Waals surface area contributed by atoms with Crippen molar-refractivity contribution < 1.29 is 28.3 Å². The molecule has 0 saturated heterocycles. The van der Waals surface area contributed by atoms with Gasteiger partial charge < -0.3 is 10.1 Å². The minimum atomic E-state index is -0.738. The summed E-state index contributed by atoms with van der Waals surface area (Å²) in [6.07, 6.45) is 0.180. The van der Waals surface area contributed by atoms with Crippen LogP contribution >= 0.6 is 11.6 Å². The van der Waals surface area contributed by atoms with Gasteiger partial charge in [0.15, 0.2) is 6.61 Å². The normalized spacial score (nSPS) is 10.1. The highest BCUT2D eigenvalue weighted by molar-refractivity contribution is 6.33. The first-order valence-electron chi connectivity index (χ1n) is 8.90. The Kier molecular flexibility index (Phi) is 8.76. The molecular weight excluding hydrogens is 417 g/mol. The molecule has 3 N–H and O–H groups in total. The van der Waals surface area contributed by atoms with E-state index in [0.29, 0.717) is 5.69 Å². The van der Waals surface area contributed by atoms with Crippen molar-refractivity contribution in [1.82, 2.24) is 10.9 Å². The topological polar surface area (TPSA) is 114 Å². The second-order valence-electron chi connectivity index (χ2n) is 6.05. The molecule has 0 saturated carbocycles. The quantitative estimate of drug-likeness (QED) is 0.435. The summed E-state index contributed by atoms with van der Waals surface area (Å²) in [4.78, 5) is 46.9. The molecule has 0 aliphatic heterocycles. The molecule has 3 amide bonds. The van der Waals surface area contributed by atoms with Crippen LogP contribution in [0, 0.1) is 5.82 Å². The Bertz CT molecular complexity index is 921. The van der Waals surface area contributed by atoms with Gasteiger partial charge in [-0.2, -0.15) is 0 Å². The first-order valence-corrected chi connectivity index (χ1v) is 9.27. The molecule has 158 valence electrons. The summed E-state index contributed by atoms with van der Waals surface area (Å²) in [5.74, 6) is -2.78. The molecule has 0 aliphatic rings. The van der Waals surface area contributed by atoms with Gasteiger partial charge in [0.25, 0.3) is 11.8 Å². The average Bonchev–Trinajstić information content (AvgIpc) is 2.72. The summed E-state index contributed by atoms with van der Waals surface area (Å²) in [7, 11) is 0. The number of anilines is 1. The van der Waals surface area contributed by atoms with Gasteiger partial charge in [-0.15, -0.1) is 0 Å². The summed E-state index contributed by atoms with van der Waals surface area (Å²) in [6.45, 7) is -0.594. The molecule has 0 spiro atoms. The van der Waals surface area contributed by atoms with Crippen LogP contribution < -0.4 is 16.2 Å². The van der Waals surface area contributed by atoms with E-state index in [0.717, 1.165) is 0 Å². The lowest BCUT2D eigenvalue weighted by Crippen LogP contribution is -2.43. The third kappa shape index (κ3) is 7.88. The van der Waals surface area contributed by atoms with E-state index < -0.39 is 30.2 Å². The Labute approximate surface area is 176 Å². The molecule has 0 unspecified atom stereocenters. The largest absolute Gasteiger partial charge is 0.455 e. The molecule has 2 rings (SSSR count). The summed E-state index contributed by atoms with van der Waals surface area (Å²) in [5.41, 5.74) is 4.88. The lowest BCUT2D eigenvalue weighted by atomic mass is 10.2. The van der Waals surface area contributed by atoms with Crippen molar-refractivity contribution in [2.75, 3.05) is 11.9 Å². The molecular formula is C20H19ClFN3O5. The smallest absolute Gasteiger partial charge is 0.306 e. The van der Waals surface area contributed by atoms with Crippen LogP contribution in [0.2, 0.25) is 5.02 Å². The maximum atomic E-state index is 12.8. The highest BCUT2D eigenvalue weighted by Gasteiger charge is 2.12. The predicted molar refractivity (Wildman–Crippen MR) is 107 cm³/mol. The Morgan fingerprint density at radius 3 is 2.30 bits per heavy atom. The lowest BCUT2D eigenvalue weighted by Gasteiger charge is -2.09. The summed E-state index contributed by atoms with van der Waals surface area (Å²) >= 11 is 5.87. The summed E-state index contributed by atoms with van der Waals surface area (Å²) < 4.78 is 17.6. The zero-order valence-corrected chi connectivity index (χ0v) is 16.5. The number of hydrazine groups is 1. The number of halogens is 2. The third-order valence-corrected chi connectivity index (χ3v) is 4.04. The standard InChI is InChI=1S/C20H19ClFN3O5/c21-16-5-2-1-4-15(16)20(29)25-24-18(27)12-30-19(28)7-3-6-17(26)23-14-10-8-13(22)9-11-14/h1-2,4-5,8-11H,3,6-7,12H2,(H,23,26)(H,24,27)(H,25,29). The average molecular weight is 436 g/mol. The molecule has 0 heterocycles. The van der Waals surface area contributed by atoms with Gasteiger partial charge in [-0.3, -0.25) is 30.0 Å². The first kappa shape index (κ1) is 22.8. The Morgan fingerprint density at radius 2 is 1.60 bits per heavy atom. The van der Waals surface area contributed by atoms with Gasteiger partial charge in [0.05, 0.1) is 10.6 Å². The fourth-order valence-electron chi connectivity index (χ4n) is 2.24. The van der Waals surface area contributed by atoms with Crippen molar-refractivity contribution in [2.45, 2.75) is 19.3 Å². The van der Waals surface area contributed by atoms with Gasteiger partial charge in [-0.05, 0) is 42.8 Å². The van der Waals surface area contributed by atoms with Gasteiger partial charge in [0, 0.05) is 18.5 Å². The van der Waals surface area contributed by atoms with Crippen LogP contribution in [0.1, 0.15) is 29.6 Å². The second kappa shape index (κ2) is 11.5. The molecule has 8 nitrogen and oxygen atoms in total. The molecule has 0 fully saturated rings. The second-order valence-corrected chi connectivity index (χ2v) is 6.46. The molecule has 0 aliphatic carbocycles. The fourth-order valence-corrected chi connectivity index (χ4v) is 2.47. The number of carbonyl (C=O) groups excluding carboxylic acids is 4. The van der Waals surface area contributed by atoms with E-state index in [2.05, 4.69) is 16.2 Å². The number of benzene rings is 2. The van der Waals surface area contributed by atoms with Crippen molar-refractivity contribution in [3.63, 3.8) is 0 Å². The van der Waals surface area contributed by atoms with E-state index in [-0.39, 0.29) is 35.8 Å². The number of hydrogen-bond acceptors (Lipinski definition) is 5. The molecule has 0 atom stereocenters. The summed E-state index contributed by atoms with van der Waals surface area (Å²) in [5, 5.41) is 2.79. The van der Waals surface area contributed by atoms with E-state index in [1.807, 2.05) is 0 Å². The van der Waals surface area contributed by atoms with Crippen molar-refractivity contribution in [2.24, 2.45) is 0 Å². The highest BCUT2D eigenvalue weighted by atomic mass is 35.5. The van der Waals surface area contributed by atoms with Crippen LogP contribution in [-0.4, -0.2) is 30.3 Å². The molecule has 0 aromatic heterocycles. The van der Waals surface area contributed by atoms with Crippen LogP contribution in [0.15, 0.2) is 48.5 Å². The van der Waals surface area contributed by atoms with E-state index in [4.69, 9.17) is 16.3 Å². The van der Waals surface area contributed by atoms with Crippen LogP contribution in [0.25, 0.3) is 0 Å². The minimum absolute atomic E-state index is 0.0482. The number of amides is 3. The van der Waals surface area contributed by atoms with Gasteiger partial charge >= 0.3 is 5.97 Å². The van der Waals surface area contributed by atoms with Gasteiger partial charge in [-0.25, -0.2) is 4.39 Å². The number of nitrogens with one attached hydrogen (secondary N) is 3.